The minimum Gasteiger partial charge on any atom is -0.481 e. The lowest BCUT2D eigenvalue weighted by Crippen LogP contribution is -2.09. The second-order valence-electron chi connectivity index (χ2n) is 1.36. The summed E-state index contributed by atoms with van der Waals surface area (Å²) in [6, 6.07) is 0. The van der Waals surface area contributed by atoms with Crippen molar-refractivity contribution in [3.63, 3.8) is 0 Å². The van der Waals surface area contributed by atoms with Gasteiger partial charge in [-0.3, -0.25) is 4.79 Å². The molecule has 56 valence electrons. The molecule has 0 radical (unpaired) electrons. The second-order valence-corrected chi connectivity index (χ2v) is 1.36. The SMILES string of the molecule is CC(C=O)C(=O)O.[N-]=[N+]=N. The molecule has 2 N–H and O–H groups in total. The summed E-state index contributed by atoms with van der Waals surface area (Å²) in [4.78, 5) is 21.0. The molecule has 0 heterocycles. The molecular formula is C4H7N3O3. The molecule has 6 nitrogen and oxygen atoms in total. The first-order valence-corrected chi connectivity index (χ1v) is 2.29. The van der Waals surface area contributed by atoms with E-state index >= 15 is 0 Å². The normalized spacial score (nSPS) is 9.70. The monoisotopic (exact) mass is 145 g/mol. The van der Waals surface area contributed by atoms with Crippen molar-refractivity contribution in [1.82, 2.24) is 0 Å². The highest BCUT2D eigenvalue weighted by molar-refractivity contribution is 5.85. The van der Waals surface area contributed by atoms with Crippen LogP contribution in [0.2, 0.25) is 0 Å². The van der Waals surface area contributed by atoms with Gasteiger partial charge >= 0.3 is 5.97 Å². The summed E-state index contributed by atoms with van der Waals surface area (Å²) in [5.74, 6) is -1.94. The number of nitrogens with zero attached hydrogens (tertiary/aromatic N) is 2. The summed E-state index contributed by atoms with van der Waals surface area (Å²) in [5.41, 5.74) is 12.2. The zero-order valence-electron chi connectivity index (χ0n) is 5.31. The van der Waals surface area contributed by atoms with Crippen molar-refractivity contribution in [2.45, 2.75) is 6.92 Å². The van der Waals surface area contributed by atoms with Crippen molar-refractivity contribution in [3.05, 3.63) is 10.4 Å². The van der Waals surface area contributed by atoms with Gasteiger partial charge in [-0.2, -0.15) is 0 Å². The van der Waals surface area contributed by atoms with E-state index in [1.165, 1.54) is 6.92 Å². The fourth-order valence-electron chi connectivity index (χ4n) is 0.0582. The zero-order chi connectivity index (χ0) is 8.57. The standard InChI is InChI=1S/C4H6O3.HN3/c1-3(2-5)4(6)7;1-3-2/h2-3H,1H3,(H,6,7);1H. The van der Waals surface area contributed by atoms with Crippen LogP contribution < -0.4 is 0 Å². The van der Waals surface area contributed by atoms with E-state index in [1.54, 1.807) is 4.91 Å². The number of aliphatic carboxylic acids is 1. The van der Waals surface area contributed by atoms with Crippen LogP contribution in [0.5, 0.6) is 0 Å². The Bertz CT molecular complexity index is 150. The van der Waals surface area contributed by atoms with E-state index in [0.29, 0.717) is 6.29 Å². The fraction of sp³-hybridized carbons (Fsp3) is 0.500. The average Bonchev–Trinajstić information content (AvgIpc) is 1.88. The van der Waals surface area contributed by atoms with E-state index in [2.05, 4.69) is 0 Å². The Labute approximate surface area is 56.9 Å². The van der Waals surface area contributed by atoms with Gasteiger partial charge in [-0.05, 0) is 17.4 Å². The molecule has 0 aliphatic heterocycles. The maximum Gasteiger partial charge on any atom is 0.313 e. The second kappa shape index (κ2) is 7.45. The Kier molecular flexibility index (Phi) is 8.40. The van der Waals surface area contributed by atoms with Crippen LogP contribution in [-0.2, 0) is 9.59 Å². The quantitative estimate of drug-likeness (QED) is 0.196. The molecule has 0 fully saturated rings. The number of hydrogen-bond acceptors (Lipinski definition) is 3. The predicted molar refractivity (Wildman–Crippen MR) is 32.3 cm³/mol. The van der Waals surface area contributed by atoms with E-state index in [0.717, 1.165) is 0 Å². The van der Waals surface area contributed by atoms with Gasteiger partial charge in [0.15, 0.2) is 0 Å². The van der Waals surface area contributed by atoms with Gasteiger partial charge in [0.2, 0.25) is 0 Å². The van der Waals surface area contributed by atoms with Crippen molar-refractivity contribution in [3.8, 4) is 0 Å². The molecule has 0 aliphatic carbocycles. The fourth-order valence-corrected chi connectivity index (χ4v) is 0.0582. The first-order valence-electron chi connectivity index (χ1n) is 2.29. The number of carboxylic acids is 1. The molecular weight excluding hydrogens is 138 g/mol. The number of rotatable bonds is 2. The molecule has 0 aromatic rings. The van der Waals surface area contributed by atoms with Crippen molar-refractivity contribution in [2.24, 2.45) is 5.92 Å². The third kappa shape index (κ3) is 9.67. The van der Waals surface area contributed by atoms with E-state index in [4.69, 9.17) is 16.2 Å². The molecule has 0 aromatic heterocycles. The number of nitrogens with one attached hydrogen (secondary N) is 1. The van der Waals surface area contributed by atoms with Crippen molar-refractivity contribution >= 4 is 12.3 Å². The van der Waals surface area contributed by atoms with Gasteiger partial charge in [-0.25, -0.2) is 0 Å². The summed E-state index contributed by atoms with van der Waals surface area (Å²) < 4.78 is 0. The van der Waals surface area contributed by atoms with E-state index in [1.807, 2.05) is 0 Å². The van der Waals surface area contributed by atoms with E-state index < -0.39 is 11.9 Å². The van der Waals surface area contributed by atoms with Crippen LogP contribution in [0.3, 0.4) is 0 Å². The lowest BCUT2D eigenvalue weighted by molar-refractivity contribution is -0.142. The first-order chi connectivity index (χ1) is 4.59. The average molecular weight is 145 g/mol. The van der Waals surface area contributed by atoms with Crippen molar-refractivity contribution in [1.29, 1.82) is 5.53 Å². The topological polar surface area (TPSA) is 115 Å². The van der Waals surface area contributed by atoms with Crippen LogP contribution in [-0.4, -0.2) is 17.4 Å². The highest BCUT2D eigenvalue weighted by Crippen LogP contribution is 1.84. The largest absolute Gasteiger partial charge is 0.481 e. The maximum absolute atomic E-state index is 9.70. The van der Waals surface area contributed by atoms with Gasteiger partial charge in [-0.15, -0.1) is 5.53 Å². The third-order valence-electron chi connectivity index (χ3n) is 0.594. The Morgan fingerprint density at radius 3 is 2.20 bits per heavy atom. The Morgan fingerprint density at radius 1 is 1.90 bits per heavy atom. The van der Waals surface area contributed by atoms with Crippen LogP contribution in [0.25, 0.3) is 10.4 Å². The number of hydrogen-bond donors (Lipinski definition) is 2. The highest BCUT2D eigenvalue weighted by atomic mass is 16.4. The van der Waals surface area contributed by atoms with Gasteiger partial charge in [0.05, 0.1) is 0 Å². The number of carbonyl (C=O) groups excluding carboxylic acids is 1. The molecule has 1 unspecified atom stereocenters. The van der Waals surface area contributed by atoms with Crippen LogP contribution in [0, 0.1) is 11.4 Å². The Hall–Kier alpha value is -1.55. The Morgan fingerprint density at radius 2 is 2.20 bits per heavy atom. The molecule has 0 bridgehead atoms. The molecule has 0 aromatic carbocycles. The van der Waals surface area contributed by atoms with Crippen molar-refractivity contribution in [2.75, 3.05) is 0 Å². The molecule has 0 rings (SSSR count). The summed E-state index contributed by atoms with van der Waals surface area (Å²) in [6.45, 7) is 1.33. The van der Waals surface area contributed by atoms with Crippen molar-refractivity contribution < 1.29 is 14.7 Å². The molecule has 0 saturated carbocycles. The van der Waals surface area contributed by atoms with Gasteiger partial charge in [0, 0.05) is 0 Å². The van der Waals surface area contributed by atoms with Gasteiger partial charge < -0.3 is 9.90 Å². The summed E-state index contributed by atoms with van der Waals surface area (Å²) in [7, 11) is 0. The smallest absolute Gasteiger partial charge is 0.313 e. The highest BCUT2D eigenvalue weighted by Gasteiger charge is 2.06. The maximum atomic E-state index is 9.70. The molecule has 1 atom stereocenters. The molecule has 10 heavy (non-hydrogen) atoms. The van der Waals surface area contributed by atoms with Gasteiger partial charge in [0.25, 0.3) is 0 Å². The van der Waals surface area contributed by atoms with E-state index in [-0.39, 0.29) is 0 Å². The van der Waals surface area contributed by atoms with Crippen LogP contribution in [0.15, 0.2) is 0 Å². The van der Waals surface area contributed by atoms with Crippen LogP contribution in [0.4, 0.5) is 0 Å². The van der Waals surface area contributed by atoms with Gasteiger partial charge in [-0.1, -0.05) is 0 Å². The molecule has 0 amide bonds. The predicted octanol–water partition coefficient (Wildman–Crippen LogP) is 0.781. The summed E-state index contributed by atoms with van der Waals surface area (Å²) >= 11 is 0. The number of aldehydes is 1. The zero-order valence-corrected chi connectivity index (χ0v) is 5.31. The minimum atomic E-state index is -1.07. The first kappa shape index (κ1) is 11.3. The lowest BCUT2D eigenvalue weighted by atomic mass is 10.2. The molecule has 0 spiro atoms. The molecule has 6 heteroatoms. The summed E-state index contributed by atoms with van der Waals surface area (Å²) in [5, 5.41) is 7.95. The van der Waals surface area contributed by atoms with Crippen LogP contribution in [0.1, 0.15) is 6.92 Å². The number of carboxylic acid groups (broad SMARTS) is 1. The van der Waals surface area contributed by atoms with E-state index in [9.17, 15) is 9.59 Å². The molecule has 0 saturated heterocycles. The van der Waals surface area contributed by atoms with Crippen LogP contribution >= 0.6 is 0 Å². The summed E-state index contributed by atoms with van der Waals surface area (Å²) in [6.07, 6.45) is 0.391. The lowest BCUT2D eigenvalue weighted by Gasteiger charge is -1.88. The molecule has 0 aliphatic rings. The number of carbonyl (C=O) groups is 2. The Balaban J connectivity index is 0. The minimum absolute atomic E-state index is 0.391. The van der Waals surface area contributed by atoms with Gasteiger partial charge in [0.1, 0.15) is 12.2 Å². The third-order valence-corrected chi connectivity index (χ3v) is 0.594.